The predicted octanol–water partition coefficient (Wildman–Crippen LogP) is 2.45. The van der Waals surface area contributed by atoms with Crippen molar-refractivity contribution in [2.45, 2.75) is 70.7 Å². The van der Waals surface area contributed by atoms with Crippen LogP contribution in [0.25, 0.3) is 0 Å². The van der Waals surface area contributed by atoms with Crippen molar-refractivity contribution in [2.75, 3.05) is 38.5 Å². The second-order valence-corrected chi connectivity index (χ2v) is 10.8. The Labute approximate surface area is 159 Å². The monoisotopic (exact) mass is 387 g/mol. The number of aliphatic imine (C=N–C) groups is 1. The minimum absolute atomic E-state index is 0.189. The second-order valence-electron chi connectivity index (χ2n) is 8.06. The van der Waals surface area contributed by atoms with E-state index in [0.29, 0.717) is 31.7 Å². The standard InChI is InChI=1S/C19H37N3O3S/c1-5-20-18(22-13-14-26(23,24)19(3,4)15-22)21-12-11-17(25-6-2)16-9-7-8-10-16/h16-17H,5-15H2,1-4H3,(H,20,21). The molecule has 1 atom stereocenters. The fourth-order valence-corrected chi connectivity index (χ4v) is 5.41. The number of hydrogen-bond acceptors (Lipinski definition) is 4. The lowest BCUT2D eigenvalue weighted by molar-refractivity contribution is 0.0177. The number of ether oxygens (including phenoxy) is 1. The third-order valence-corrected chi connectivity index (χ3v) is 8.19. The average molecular weight is 388 g/mol. The van der Waals surface area contributed by atoms with Gasteiger partial charge in [0.25, 0.3) is 0 Å². The minimum Gasteiger partial charge on any atom is -0.378 e. The molecule has 1 saturated carbocycles. The minimum atomic E-state index is -3.04. The topological polar surface area (TPSA) is 71.0 Å². The molecule has 7 heteroatoms. The van der Waals surface area contributed by atoms with E-state index in [2.05, 4.69) is 17.1 Å². The molecule has 0 amide bonds. The molecule has 2 rings (SSSR count). The zero-order valence-electron chi connectivity index (χ0n) is 17.0. The van der Waals surface area contributed by atoms with Gasteiger partial charge in [0.15, 0.2) is 15.8 Å². The summed E-state index contributed by atoms with van der Waals surface area (Å²) >= 11 is 0. The Bertz CT molecular complexity index is 569. The van der Waals surface area contributed by atoms with E-state index in [0.717, 1.165) is 25.5 Å². The lowest BCUT2D eigenvalue weighted by Gasteiger charge is -2.39. The van der Waals surface area contributed by atoms with E-state index < -0.39 is 14.6 Å². The van der Waals surface area contributed by atoms with Gasteiger partial charge in [-0.1, -0.05) is 12.8 Å². The molecule has 1 unspecified atom stereocenters. The molecule has 1 aliphatic carbocycles. The van der Waals surface area contributed by atoms with Crippen molar-refractivity contribution in [2.24, 2.45) is 10.9 Å². The second kappa shape index (κ2) is 9.40. The van der Waals surface area contributed by atoms with Gasteiger partial charge in [0.05, 0.1) is 16.6 Å². The van der Waals surface area contributed by atoms with Crippen molar-refractivity contribution >= 4 is 15.8 Å². The molecule has 0 spiro atoms. The molecule has 0 bridgehead atoms. The van der Waals surface area contributed by atoms with Crippen molar-refractivity contribution < 1.29 is 13.2 Å². The van der Waals surface area contributed by atoms with Crippen LogP contribution in [0.15, 0.2) is 4.99 Å². The lowest BCUT2D eigenvalue weighted by Crippen LogP contribution is -2.57. The summed E-state index contributed by atoms with van der Waals surface area (Å²) in [6.45, 7) is 11.0. The normalized spacial score (nSPS) is 24.6. The summed E-state index contributed by atoms with van der Waals surface area (Å²) in [6, 6.07) is 0. The quantitative estimate of drug-likeness (QED) is 0.537. The third-order valence-electron chi connectivity index (χ3n) is 5.66. The predicted molar refractivity (Wildman–Crippen MR) is 107 cm³/mol. The summed E-state index contributed by atoms with van der Waals surface area (Å²) < 4.78 is 29.8. The Balaban J connectivity index is 1.99. The molecule has 26 heavy (non-hydrogen) atoms. The van der Waals surface area contributed by atoms with Gasteiger partial charge in [-0.05, 0) is 52.9 Å². The first-order valence-corrected chi connectivity index (χ1v) is 11.8. The SMILES string of the molecule is CCNC(=NCCC(OCC)C1CCCC1)N1CCS(=O)(=O)C(C)(C)C1. The van der Waals surface area contributed by atoms with Gasteiger partial charge in [-0.15, -0.1) is 0 Å². The first-order chi connectivity index (χ1) is 12.3. The molecular formula is C19H37N3O3S. The van der Waals surface area contributed by atoms with E-state index in [1.54, 1.807) is 0 Å². The Morgan fingerprint density at radius 1 is 1.31 bits per heavy atom. The molecular weight excluding hydrogens is 350 g/mol. The van der Waals surface area contributed by atoms with Crippen LogP contribution < -0.4 is 5.32 Å². The number of hydrogen-bond donors (Lipinski definition) is 1. The van der Waals surface area contributed by atoms with Crippen molar-refractivity contribution in [3.63, 3.8) is 0 Å². The molecule has 2 fully saturated rings. The van der Waals surface area contributed by atoms with Gasteiger partial charge < -0.3 is 15.0 Å². The van der Waals surface area contributed by atoms with E-state index in [-0.39, 0.29) is 5.75 Å². The van der Waals surface area contributed by atoms with Crippen LogP contribution in [0.4, 0.5) is 0 Å². The molecule has 152 valence electrons. The summed E-state index contributed by atoms with van der Waals surface area (Å²) in [4.78, 5) is 6.89. The van der Waals surface area contributed by atoms with E-state index in [1.165, 1.54) is 25.7 Å². The Hall–Kier alpha value is -0.820. The summed E-state index contributed by atoms with van der Waals surface area (Å²) in [6.07, 6.45) is 6.41. The highest BCUT2D eigenvalue weighted by Gasteiger charge is 2.41. The highest BCUT2D eigenvalue weighted by atomic mass is 32.2. The maximum Gasteiger partial charge on any atom is 0.193 e. The molecule has 1 saturated heterocycles. The number of guanidine groups is 1. The number of sulfone groups is 1. The third kappa shape index (κ3) is 5.35. The summed E-state index contributed by atoms with van der Waals surface area (Å²) in [5.74, 6) is 1.69. The van der Waals surface area contributed by atoms with Gasteiger partial charge in [0.1, 0.15) is 0 Å². The molecule has 1 heterocycles. The van der Waals surface area contributed by atoms with Crippen LogP contribution in [0, 0.1) is 5.92 Å². The molecule has 0 aromatic rings. The highest BCUT2D eigenvalue weighted by Crippen LogP contribution is 2.31. The van der Waals surface area contributed by atoms with Crippen LogP contribution in [-0.4, -0.2) is 68.7 Å². The van der Waals surface area contributed by atoms with Crippen molar-refractivity contribution in [3.8, 4) is 0 Å². The largest absolute Gasteiger partial charge is 0.378 e. The van der Waals surface area contributed by atoms with Crippen LogP contribution in [-0.2, 0) is 14.6 Å². The molecule has 1 aliphatic heterocycles. The number of nitrogens with zero attached hydrogens (tertiary/aromatic N) is 2. The molecule has 0 radical (unpaired) electrons. The van der Waals surface area contributed by atoms with E-state index in [9.17, 15) is 8.42 Å². The Morgan fingerprint density at radius 3 is 2.58 bits per heavy atom. The van der Waals surface area contributed by atoms with Crippen LogP contribution >= 0.6 is 0 Å². The summed E-state index contributed by atoms with van der Waals surface area (Å²) in [5.41, 5.74) is 0. The van der Waals surface area contributed by atoms with Gasteiger partial charge in [-0.2, -0.15) is 0 Å². The molecule has 0 aromatic carbocycles. The van der Waals surface area contributed by atoms with Crippen molar-refractivity contribution in [1.29, 1.82) is 0 Å². The highest BCUT2D eigenvalue weighted by molar-refractivity contribution is 7.92. The van der Waals surface area contributed by atoms with Crippen LogP contribution in [0.5, 0.6) is 0 Å². The molecule has 0 aromatic heterocycles. The summed E-state index contributed by atoms with van der Waals surface area (Å²) in [5, 5.41) is 3.33. The smallest absolute Gasteiger partial charge is 0.193 e. The first kappa shape index (κ1) is 21.5. The summed E-state index contributed by atoms with van der Waals surface area (Å²) in [7, 11) is -3.04. The molecule has 2 aliphatic rings. The van der Waals surface area contributed by atoms with E-state index >= 15 is 0 Å². The van der Waals surface area contributed by atoms with E-state index in [1.807, 2.05) is 20.8 Å². The van der Waals surface area contributed by atoms with E-state index in [4.69, 9.17) is 9.73 Å². The van der Waals surface area contributed by atoms with Crippen LogP contribution in [0.1, 0.15) is 59.8 Å². The zero-order valence-corrected chi connectivity index (χ0v) is 17.8. The number of rotatable bonds is 7. The van der Waals surface area contributed by atoms with Crippen molar-refractivity contribution in [1.82, 2.24) is 10.2 Å². The fraction of sp³-hybridized carbons (Fsp3) is 0.947. The van der Waals surface area contributed by atoms with Gasteiger partial charge in [-0.25, -0.2) is 8.42 Å². The zero-order chi connectivity index (χ0) is 19.2. The maximum atomic E-state index is 12.2. The fourth-order valence-electron chi connectivity index (χ4n) is 4.05. The van der Waals surface area contributed by atoms with Gasteiger partial charge in [0, 0.05) is 32.8 Å². The van der Waals surface area contributed by atoms with Crippen LogP contribution in [0.3, 0.4) is 0 Å². The average Bonchev–Trinajstić information content (AvgIpc) is 3.10. The first-order valence-electron chi connectivity index (χ1n) is 10.2. The molecule has 1 N–H and O–H groups in total. The Kier molecular flexibility index (Phi) is 7.76. The van der Waals surface area contributed by atoms with Gasteiger partial charge in [-0.3, -0.25) is 4.99 Å². The van der Waals surface area contributed by atoms with Gasteiger partial charge in [0.2, 0.25) is 0 Å². The lowest BCUT2D eigenvalue weighted by atomic mass is 9.98. The number of nitrogens with one attached hydrogen (secondary N) is 1. The van der Waals surface area contributed by atoms with Crippen LogP contribution in [0.2, 0.25) is 0 Å². The van der Waals surface area contributed by atoms with Crippen molar-refractivity contribution in [3.05, 3.63) is 0 Å². The Morgan fingerprint density at radius 2 is 2.00 bits per heavy atom. The van der Waals surface area contributed by atoms with Gasteiger partial charge >= 0.3 is 0 Å². The maximum absolute atomic E-state index is 12.2. The molecule has 6 nitrogen and oxygen atoms in total.